The first-order chi connectivity index (χ1) is 8.49. The molecule has 1 fully saturated rings. The van der Waals surface area contributed by atoms with Crippen LogP contribution in [0, 0.1) is 17.8 Å². The highest BCUT2D eigenvalue weighted by Crippen LogP contribution is 2.23. The number of hydrogen-bond acceptors (Lipinski definition) is 2. The quantitative estimate of drug-likeness (QED) is 0.701. The summed E-state index contributed by atoms with van der Waals surface area (Å²) < 4.78 is 0. The van der Waals surface area contributed by atoms with E-state index in [0.29, 0.717) is 0 Å². The standard InChI is InChI=1S/C16H34N2/c1-13(2)10-17-8-6-7-16(5)18-11-14(3)9-15(4)12-18/h13-17H,6-12H2,1-5H3. The van der Waals surface area contributed by atoms with Gasteiger partial charge in [0.05, 0.1) is 0 Å². The van der Waals surface area contributed by atoms with E-state index < -0.39 is 0 Å². The van der Waals surface area contributed by atoms with Gasteiger partial charge in [0.15, 0.2) is 0 Å². The molecular weight excluding hydrogens is 220 g/mol. The van der Waals surface area contributed by atoms with Crippen LogP contribution >= 0.6 is 0 Å². The minimum atomic E-state index is 0.760. The Kier molecular flexibility index (Phi) is 7.25. The molecule has 2 heteroatoms. The van der Waals surface area contributed by atoms with Gasteiger partial charge in [0.25, 0.3) is 0 Å². The lowest BCUT2D eigenvalue weighted by molar-refractivity contribution is 0.0978. The Labute approximate surface area is 115 Å². The summed E-state index contributed by atoms with van der Waals surface area (Å²) in [6.45, 7) is 16.7. The van der Waals surface area contributed by atoms with Gasteiger partial charge in [-0.3, -0.25) is 0 Å². The zero-order valence-electron chi connectivity index (χ0n) is 13.2. The van der Waals surface area contributed by atoms with Crippen LogP contribution in [0.5, 0.6) is 0 Å². The molecular formula is C16H34N2. The minimum absolute atomic E-state index is 0.760. The Morgan fingerprint density at radius 1 is 1.11 bits per heavy atom. The fourth-order valence-electron chi connectivity index (χ4n) is 3.17. The Hall–Kier alpha value is -0.0800. The molecule has 0 amide bonds. The minimum Gasteiger partial charge on any atom is -0.316 e. The third kappa shape index (κ3) is 6.19. The molecule has 1 N–H and O–H groups in total. The van der Waals surface area contributed by atoms with E-state index in [1.165, 1.54) is 38.9 Å². The van der Waals surface area contributed by atoms with Crippen LogP contribution in [0.2, 0.25) is 0 Å². The third-order valence-electron chi connectivity index (χ3n) is 4.05. The lowest BCUT2D eigenvalue weighted by Crippen LogP contribution is -2.44. The highest BCUT2D eigenvalue weighted by molar-refractivity contribution is 4.78. The Balaban J connectivity index is 2.14. The molecule has 108 valence electrons. The molecule has 0 spiro atoms. The first-order valence-corrected chi connectivity index (χ1v) is 7.93. The monoisotopic (exact) mass is 254 g/mol. The maximum Gasteiger partial charge on any atom is 0.00676 e. The van der Waals surface area contributed by atoms with Crippen LogP contribution in [-0.4, -0.2) is 37.1 Å². The number of nitrogens with zero attached hydrogens (tertiary/aromatic N) is 1. The van der Waals surface area contributed by atoms with Gasteiger partial charge in [0.1, 0.15) is 0 Å². The van der Waals surface area contributed by atoms with E-state index in [1.54, 1.807) is 0 Å². The maximum atomic E-state index is 3.54. The summed E-state index contributed by atoms with van der Waals surface area (Å²) in [5, 5.41) is 3.54. The normalized spacial score (nSPS) is 27.7. The topological polar surface area (TPSA) is 15.3 Å². The van der Waals surface area contributed by atoms with Crippen molar-refractivity contribution >= 4 is 0 Å². The lowest BCUT2D eigenvalue weighted by atomic mass is 9.90. The van der Waals surface area contributed by atoms with E-state index in [9.17, 15) is 0 Å². The second-order valence-electron chi connectivity index (χ2n) is 6.99. The molecule has 0 aromatic carbocycles. The van der Waals surface area contributed by atoms with Crippen LogP contribution in [0.4, 0.5) is 0 Å². The van der Waals surface area contributed by atoms with Gasteiger partial charge in [-0.2, -0.15) is 0 Å². The zero-order chi connectivity index (χ0) is 13.5. The third-order valence-corrected chi connectivity index (χ3v) is 4.05. The van der Waals surface area contributed by atoms with E-state index in [2.05, 4.69) is 44.8 Å². The van der Waals surface area contributed by atoms with Crippen molar-refractivity contribution in [1.82, 2.24) is 10.2 Å². The van der Waals surface area contributed by atoms with E-state index in [0.717, 1.165) is 30.3 Å². The molecule has 1 aliphatic heterocycles. The van der Waals surface area contributed by atoms with Crippen LogP contribution in [0.3, 0.4) is 0 Å². The molecule has 0 aromatic rings. The molecule has 2 nitrogen and oxygen atoms in total. The molecule has 1 aliphatic rings. The number of hydrogen-bond donors (Lipinski definition) is 1. The van der Waals surface area contributed by atoms with Gasteiger partial charge in [-0.25, -0.2) is 0 Å². The van der Waals surface area contributed by atoms with Crippen molar-refractivity contribution in [3.63, 3.8) is 0 Å². The van der Waals surface area contributed by atoms with Gasteiger partial charge in [-0.1, -0.05) is 27.7 Å². The van der Waals surface area contributed by atoms with Crippen LogP contribution in [-0.2, 0) is 0 Å². The van der Waals surface area contributed by atoms with Crippen molar-refractivity contribution in [2.24, 2.45) is 17.8 Å². The van der Waals surface area contributed by atoms with Crippen molar-refractivity contribution < 1.29 is 0 Å². The van der Waals surface area contributed by atoms with E-state index in [1.807, 2.05) is 0 Å². The summed E-state index contributed by atoms with van der Waals surface area (Å²) in [5.41, 5.74) is 0. The average molecular weight is 254 g/mol. The van der Waals surface area contributed by atoms with E-state index in [4.69, 9.17) is 0 Å². The van der Waals surface area contributed by atoms with Crippen molar-refractivity contribution in [2.75, 3.05) is 26.2 Å². The van der Waals surface area contributed by atoms with Gasteiger partial charge >= 0.3 is 0 Å². The van der Waals surface area contributed by atoms with Crippen molar-refractivity contribution in [3.8, 4) is 0 Å². The molecule has 18 heavy (non-hydrogen) atoms. The summed E-state index contributed by atoms with van der Waals surface area (Å²) in [6, 6.07) is 0.760. The Morgan fingerprint density at radius 3 is 2.28 bits per heavy atom. The second kappa shape index (κ2) is 8.16. The average Bonchev–Trinajstić information content (AvgIpc) is 2.26. The van der Waals surface area contributed by atoms with Gasteiger partial charge in [0.2, 0.25) is 0 Å². The summed E-state index contributed by atoms with van der Waals surface area (Å²) in [7, 11) is 0. The van der Waals surface area contributed by atoms with Crippen LogP contribution in [0.1, 0.15) is 53.9 Å². The summed E-state index contributed by atoms with van der Waals surface area (Å²) in [4.78, 5) is 2.71. The Morgan fingerprint density at radius 2 is 1.72 bits per heavy atom. The highest BCUT2D eigenvalue weighted by atomic mass is 15.2. The van der Waals surface area contributed by atoms with Gasteiger partial charge in [-0.15, -0.1) is 0 Å². The first kappa shape index (κ1) is 16.0. The molecule has 1 rings (SSSR count). The predicted molar refractivity (Wildman–Crippen MR) is 80.9 cm³/mol. The maximum absolute atomic E-state index is 3.54. The van der Waals surface area contributed by atoms with E-state index in [-0.39, 0.29) is 0 Å². The first-order valence-electron chi connectivity index (χ1n) is 7.93. The van der Waals surface area contributed by atoms with E-state index >= 15 is 0 Å². The number of likely N-dealkylation sites (tertiary alicyclic amines) is 1. The molecule has 3 unspecified atom stereocenters. The predicted octanol–water partition coefficient (Wildman–Crippen LogP) is 3.38. The largest absolute Gasteiger partial charge is 0.316 e. The molecule has 1 heterocycles. The number of nitrogens with one attached hydrogen (secondary N) is 1. The zero-order valence-corrected chi connectivity index (χ0v) is 13.2. The summed E-state index contributed by atoms with van der Waals surface area (Å²) in [5.74, 6) is 2.54. The molecule has 0 radical (unpaired) electrons. The molecule has 0 bridgehead atoms. The molecule has 3 atom stereocenters. The van der Waals surface area contributed by atoms with Crippen LogP contribution < -0.4 is 5.32 Å². The fourth-order valence-corrected chi connectivity index (χ4v) is 3.17. The smallest absolute Gasteiger partial charge is 0.00676 e. The van der Waals surface area contributed by atoms with Crippen molar-refractivity contribution in [1.29, 1.82) is 0 Å². The molecule has 1 saturated heterocycles. The molecule has 0 aliphatic carbocycles. The van der Waals surface area contributed by atoms with Gasteiger partial charge in [-0.05, 0) is 57.0 Å². The van der Waals surface area contributed by atoms with Gasteiger partial charge < -0.3 is 10.2 Å². The van der Waals surface area contributed by atoms with Crippen molar-refractivity contribution in [3.05, 3.63) is 0 Å². The summed E-state index contributed by atoms with van der Waals surface area (Å²) >= 11 is 0. The second-order valence-corrected chi connectivity index (χ2v) is 6.99. The SMILES string of the molecule is CC(C)CNCCCC(C)N1CC(C)CC(C)C1. The highest BCUT2D eigenvalue weighted by Gasteiger charge is 2.24. The number of rotatable bonds is 7. The van der Waals surface area contributed by atoms with Gasteiger partial charge in [0, 0.05) is 19.1 Å². The van der Waals surface area contributed by atoms with Crippen LogP contribution in [0.15, 0.2) is 0 Å². The van der Waals surface area contributed by atoms with Crippen molar-refractivity contribution in [2.45, 2.75) is 59.9 Å². The fraction of sp³-hybridized carbons (Fsp3) is 1.00. The summed E-state index contributed by atoms with van der Waals surface area (Å²) in [6.07, 6.45) is 4.07. The van der Waals surface area contributed by atoms with Crippen LogP contribution in [0.25, 0.3) is 0 Å². The number of piperidine rings is 1. The molecule has 0 aromatic heterocycles. The Bertz CT molecular complexity index is 205. The molecule has 0 saturated carbocycles. The lowest BCUT2D eigenvalue weighted by Gasteiger charge is -2.39.